The van der Waals surface area contributed by atoms with Gasteiger partial charge in [0.15, 0.2) is 6.61 Å². The van der Waals surface area contributed by atoms with E-state index in [1.165, 1.54) is 12.1 Å². The van der Waals surface area contributed by atoms with Crippen molar-refractivity contribution < 1.29 is 19.2 Å². The number of hydrogen-bond acceptors (Lipinski definition) is 5. The van der Waals surface area contributed by atoms with Crippen molar-refractivity contribution in [1.29, 1.82) is 0 Å². The van der Waals surface area contributed by atoms with E-state index in [9.17, 15) is 19.7 Å². The Hall–Kier alpha value is -2.93. The Kier molecular flexibility index (Phi) is 6.68. The van der Waals surface area contributed by atoms with Gasteiger partial charge in [0.1, 0.15) is 0 Å². The second kappa shape index (κ2) is 8.96. The van der Waals surface area contributed by atoms with E-state index in [0.29, 0.717) is 6.42 Å². The molecule has 0 bridgehead atoms. The Balaban J connectivity index is 1.97. The van der Waals surface area contributed by atoms with Crippen LogP contribution in [0.2, 0.25) is 5.02 Å². The average Bonchev–Trinajstić information content (AvgIpc) is 2.63. The number of non-ortho nitro benzene ring substituents is 1. The van der Waals surface area contributed by atoms with Gasteiger partial charge in [0.05, 0.1) is 21.6 Å². The summed E-state index contributed by atoms with van der Waals surface area (Å²) in [5.41, 5.74) is 0.677. The number of carbonyl (C=O) groups excluding carboxylic acids is 2. The van der Waals surface area contributed by atoms with Crippen molar-refractivity contribution in [1.82, 2.24) is 0 Å². The van der Waals surface area contributed by atoms with Crippen LogP contribution in [0.3, 0.4) is 0 Å². The standard InChI is InChI=1S/C18H17ClN2O5/c1-2-14(12-6-4-3-5-7-12)18(23)26-11-17(22)20-16-10-13(21(24)25)8-9-15(16)19/h3-10,14H,2,11H2,1H3,(H,20,22)/t14-/m1/s1. The lowest BCUT2D eigenvalue weighted by molar-refractivity contribution is -0.384. The number of nitro groups is 1. The Labute approximate surface area is 155 Å². The van der Waals surface area contributed by atoms with E-state index in [-0.39, 0.29) is 16.4 Å². The summed E-state index contributed by atoms with van der Waals surface area (Å²) >= 11 is 5.92. The van der Waals surface area contributed by atoms with Gasteiger partial charge in [0.2, 0.25) is 0 Å². The third-order valence-corrected chi connectivity index (χ3v) is 4.00. The monoisotopic (exact) mass is 376 g/mol. The Morgan fingerprint density at radius 1 is 1.23 bits per heavy atom. The summed E-state index contributed by atoms with van der Waals surface area (Å²) in [7, 11) is 0. The number of anilines is 1. The molecule has 0 heterocycles. The number of amides is 1. The fourth-order valence-electron chi connectivity index (χ4n) is 2.37. The summed E-state index contributed by atoms with van der Waals surface area (Å²) in [6.45, 7) is 1.34. The van der Waals surface area contributed by atoms with E-state index >= 15 is 0 Å². The zero-order chi connectivity index (χ0) is 19.1. The van der Waals surface area contributed by atoms with Crippen molar-refractivity contribution in [2.24, 2.45) is 0 Å². The molecular formula is C18H17ClN2O5. The maximum atomic E-state index is 12.2. The fourth-order valence-corrected chi connectivity index (χ4v) is 2.53. The number of nitrogens with zero attached hydrogens (tertiary/aromatic N) is 1. The van der Waals surface area contributed by atoms with E-state index in [2.05, 4.69) is 5.32 Å². The number of esters is 1. The molecule has 0 aromatic heterocycles. The molecule has 0 aliphatic rings. The number of halogens is 1. The molecule has 1 amide bonds. The minimum atomic E-state index is -0.635. The summed E-state index contributed by atoms with van der Waals surface area (Å²) < 4.78 is 5.07. The van der Waals surface area contributed by atoms with E-state index in [4.69, 9.17) is 16.3 Å². The summed E-state index contributed by atoms with van der Waals surface area (Å²) in [5.74, 6) is -1.62. The van der Waals surface area contributed by atoms with Crippen LogP contribution in [0, 0.1) is 10.1 Å². The molecular weight excluding hydrogens is 360 g/mol. The first-order valence-corrected chi connectivity index (χ1v) is 8.25. The highest BCUT2D eigenvalue weighted by atomic mass is 35.5. The predicted molar refractivity (Wildman–Crippen MR) is 97.2 cm³/mol. The number of benzene rings is 2. The molecule has 0 saturated carbocycles. The maximum Gasteiger partial charge on any atom is 0.313 e. The average molecular weight is 377 g/mol. The van der Waals surface area contributed by atoms with E-state index in [0.717, 1.165) is 11.6 Å². The van der Waals surface area contributed by atoms with Crippen molar-refractivity contribution in [3.63, 3.8) is 0 Å². The van der Waals surface area contributed by atoms with Crippen LogP contribution >= 0.6 is 11.6 Å². The molecule has 0 spiro atoms. The molecule has 136 valence electrons. The normalized spacial score (nSPS) is 11.5. The highest BCUT2D eigenvalue weighted by Gasteiger charge is 2.21. The predicted octanol–water partition coefficient (Wildman–Crippen LogP) is 3.92. The number of nitro benzene ring substituents is 1. The minimum absolute atomic E-state index is 0.0806. The van der Waals surface area contributed by atoms with Gasteiger partial charge in [-0.25, -0.2) is 0 Å². The SMILES string of the molecule is CC[C@@H](C(=O)OCC(=O)Nc1cc([N+](=O)[O-])ccc1Cl)c1ccccc1. The van der Waals surface area contributed by atoms with Crippen LogP contribution in [0.15, 0.2) is 48.5 Å². The van der Waals surface area contributed by atoms with Crippen molar-refractivity contribution in [3.05, 3.63) is 69.2 Å². The lowest BCUT2D eigenvalue weighted by Gasteiger charge is -2.14. The van der Waals surface area contributed by atoms with E-state index in [1.807, 2.05) is 37.3 Å². The van der Waals surface area contributed by atoms with Crippen LogP contribution in [-0.4, -0.2) is 23.4 Å². The zero-order valence-electron chi connectivity index (χ0n) is 14.0. The van der Waals surface area contributed by atoms with Gasteiger partial charge in [-0.3, -0.25) is 19.7 Å². The summed E-state index contributed by atoms with van der Waals surface area (Å²) in [5, 5.41) is 13.3. The molecule has 26 heavy (non-hydrogen) atoms. The van der Waals surface area contributed by atoms with Crippen molar-refractivity contribution in [2.75, 3.05) is 11.9 Å². The summed E-state index contributed by atoms with van der Waals surface area (Å²) in [6.07, 6.45) is 0.529. The van der Waals surface area contributed by atoms with Gasteiger partial charge in [0, 0.05) is 12.1 Å². The number of carbonyl (C=O) groups is 2. The summed E-state index contributed by atoms with van der Waals surface area (Å²) in [4.78, 5) is 34.4. The first kappa shape index (κ1) is 19.4. The van der Waals surface area contributed by atoms with Gasteiger partial charge in [0.25, 0.3) is 11.6 Å². The summed E-state index contributed by atoms with van der Waals surface area (Å²) in [6, 6.07) is 12.8. The number of hydrogen-bond donors (Lipinski definition) is 1. The number of nitrogens with one attached hydrogen (secondary N) is 1. The van der Waals surface area contributed by atoms with Crippen LogP contribution < -0.4 is 5.32 Å². The zero-order valence-corrected chi connectivity index (χ0v) is 14.7. The molecule has 0 aliphatic carbocycles. The molecule has 1 N–H and O–H groups in total. The molecule has 0 saturated heterocycles. The molecule has 1 atom stereocenters. The maximum absolute atomic E-state index is 12.2. The van der Waals surface area contributed by atoms with Crippen molar-refractivity contribution >= 4 is 34.9 Å². The van der Waals surface area contributed by atoms with Crippen molar-refractivity contribution in [3.8, 4) is 0 Å². The third kappa shape index (κ3) is 5.03. The highest BCUT2D eigenvalue weighted by molar-refractivity contribution is 6.33. The highest BCUT2D eigenvalue weighted by Crippen LogP contribution is 2.26. The molecule has 2 aromatic rings. The molecule has 7 nitrogen and oxygen atoms in total. The third-order valence-electron chi connectivity index (χ3n) is 3.68. The molecule has 0 aliphatic heterocycles. The second-order valence-corrected chi connectivity index (χ2v) is 5.86. The quantitative estimate of drug-likeness (QED) is 0.448. The molecule has 2 aromatic carbocycles. The van der Waals surface area contributed by atoms with Crippen LogP contribution in [0.25, 0.3) is 0 Å². The van der Waals surface area contributed by atoms with Crippen LogP contribution in [0.5, 0.6) is 0 Å². The molecule has 8 heteroatoms. The largest absolute Gasteiger partial charge is 0.455 e. The van der Waals surface area contributed by atoms with Gasteiger partial charge < -0.3 is 10.1 Å². The molecule has 0 unspecified atom stereocenters. The van der Waals surface area contributed by atoms with E-state index in [1.54, 1.807) is 0 Å². The van der Waals surface area contributed by atoms with Gasteiger partial charge in [-0.05, 0) is 18.1 Å². The number of ether oxygens (including phenoxy) is 1. The topological polar surface area (TPSA) is 98.5 Å². The van der Waals surface area contributed by atoms with Crippen LogP contribution in [0.1, 0.15) is 24.8 Å². The lowest BCUT2D eigenvalue weighted by Crippen LogP contribution is -2.24. The fraction of sp³-hybridized carbons (Fsp3) is 0.222. The number of rotatable bonds is 7. The smallest absolute Gasteiger partial charge is 0.313 e. The minimum Gasteiger partial charge on any atom is -0.455 e. The molecule has 0 radical (unpaired) electrons. The Bertz CT molecular complexity index is 810. The van der Waals surface area contributed by atoms with Crippen LogP contribution in [0.4, 0.5) is 11.4 Å². The first-order chi connectivity index (χ1) is 12.4. The van der Waals surface area contributed by atoms with Crippen molar-refractivity contribution in [2.45, 2.75) is 19.3 Å². The molecule has 0 fully saturated rings. The Morgan fingerprint density at radius 3 is 2.54 bits per heavy atom. The second-order valence-electron chi connectivity index (χ2n) is 5.45. The van der Waals surface area contributed by atoms with Gasteiger partial charge in [-0.1, -0.05) is 48.9 Å². The first-order valence-electron chi connectivity index (χ1n) is 7.87. The van der Waals surface area contributed by atoms with E-state index < -0.39 is 29.3 Å². The van der Waals surface area contributed by atoms with Crippen LogP contribution in [-0.2, 0) is 14.3 Å². The van der Waals surface area contributed by atoms with Gasteiger partial charge >= 0.3 is 5.97 Å². The lowest BCUT2D eigenvalue weighted by atomic mass is 9.97. The van der Waals surface area contributed by atoms with Gasteiger partial charge in [-0.2, -0.15) is 0 Å². The molecule has 2 rings (SSSR count). The Morgan fingerprint density at radius 2 is 1.92 bits per heavy atom. The van der Waals surface area contributed by atoms with Gasteiger partial charge in [-0.15, -0.1) is 0 Å².